The molecule has 21 heavy (non-hydrogen) atoms. The molecule has 1 atom stereocenters. The predicted molar refractivity (Wildman–Crippen MR) is 72.4 cm³/mol. The van der Waals surface area contributed by atoms with Gasteiger partial charge in [0.2, 0.25) is 10.0 Å². The minimum atomic E-state index is -4.59. The molecule has 0 spiro atoms. The number of sulfonamides is 1. The Hall–Kier alpha value is -0.900. The van der Waals surface area contributed by atoms with E-state index in [1.807, 2.05) is 0 Å². The van der Waals surface area contributed by atoms with Crippen LogP contribution in [-0.4, -0.2) is 26.0 Å². The summed E-state index contributed by atoms with van der Waals surface area (Å²) in [4.78, 5) is 2.80. The number of aromatic nitrogens is 1. The topological polar surface area (TPSA) is 85.1 Å². The van der Waals surface area contributed by atoms with Crippen LogP contribution in [0.1, 0.15) is 18.5 Å². The molecule has 0 aliphatic heterocycles. The van der Waals surface area contributed by atoms with Crippen LogP contribution in [0.25, 0.3) is 0 Å². The van der Waals surface area contributed by atoms with Gasteiger partial charge in [0, 0.05) is 18.8 Å². The van der Waals surface area contributed by atoms with E-state index < -0.39 is 21.9 Å². The van der Waals surface area contributed by atoms with E-state index >= 15 is 0 Å². The van der Waals surface area contributed by atoms with E-state index in [0.717, 1.165) is 18.9 Å². The monoisotopic (exact) mass is 345 g/mol. The van der Waals surface area contributed by atoms with Gasteiger partial charge in [0.1, 0.15) is 10.6 Å². The summed E-state index contributed by atoms with van der Waals surface area (Å²) in [6.45, 7) is 0.0635. The molecule has 2 rings (SSSR count). The maximum Gasteiger partial charge on any atom is 0.433 e. The van der Waals surface area contributed by atoms with Crippen molar-refractivity contribution in [3.63, 3.8) is 0 Å². The third kappa shape index (κ3) is 4.80. The molecule has 10 heteroatoms. The maximum absolute atomic E-state index is 12.3. The van der Waals surface area contributed by atoms with Crippen molar-refractivity contribution in [3.8, 4) is 0 Å². The van der Waals surface area contributed by atoms with Gasteiger partial charge in [-0.05, 0) is 30.9 Å². The van der Waals surface area contributed by atoms with E-state index in [1.54, 1.807) is 0 Å². The first-order chi connectivity index (χ1) is 9.20. The van der Waals surface area contributed by atoms with Crippen molar-refractivity contribution in [3.05, 3.63) is 24.0 Å². The third-order valence-corrected chi connectivity index (χ3v) is 4.48. The fourth-order valence-corrected chi connectivity index (χ4v) is 2.70. The molecule has 1 fully saturated rings. The summed E-state index contributed by atoms with van der Waals surface area (Å²) in [5.74, 6) is 0.323. The summed E-state index contributed by atoms with van der Waals surface area (Å²) in [5.41, 5.74) is 4.62. The van der Waals surface area contributed by atoms with Gasteiger partial charge >= 0.3 is 6.18 Å². The Morgan fingerprint density at radius 1 is 1.38 bits per heavy atom. The predicted octanol–water partition coefficient (Wildman–Crippen LogP) is 1.54. The SMILES string of the molecule is Cl.NC(CNS(=O)(=O)c1ccc(C(F)(F)F)nc1)C1CC1. The Bertz CT molecular complexity index is 573. The lowest BCUT2D eigenvalue weighted by atomic mass is 10.2. The van der Waals surface area contributed by atoms with Crippen molar-refractivity contribution in [1.29, 1.82) is 0 Å². The number of nitrogens with zero attached hydrogens (tertiary/aromatic N) is 1. The third-order valence-electron chi connectivity index (χ3n) is 3.07. The van der Waals surface area contributed by atoms with Gasteiger partial charge in [0.25, 0.3) is 0 Å². The highest BCUT2D eigenvalue weighted by Crippen LogP contribution is 2.31. The number of hydrogen-bond donors (Lipinski definition) is 2. The molecular formula is C11H15ClF3N3O2S. The largest absolute Gasteiger partial charge is 0.433 e. The smallest absolute Gasteiger partial charge is 0.326 e. The number of rotatable bonds is 5. The number of hydrogen-bond acceptors (Lipinski definition) is 4. The van der Waals surface area contributed by atoms with Crippen LogP contribution in [0.2, 0.25) is 0 Å². The molecule has 1 saturated carbocycles. The average Bonchev–Trinajstić information content (AvgIpc) is 3.19. The van der Waals surface area contributed by atoms with Crippen LogP contribution in [0.3, 0.4) is 0 Å². The Morgan fingerprint density at radius 2 is 2.00 bits per heavy atom. The van der Waals surface area contributed by atoms with Gasteiger partial charge in [-0.2, -0.15) is 13.2 Å². The van der Waals surface area contributed by atoms with E-state index in [4.69, 9.17) is 5.73 Å². The molecule has 0 aromatic carbocycles. The summed E-state index contributed by atoms with van der Waals surface area (Å²) < 4.78 is 63.0. The minimum Gasteiger partial charge on any atom is -0.326 e. The first-order valence-corrected chi connectivity index (χ1v) is 7.47. The van der Waals surface area contributed by atoms with E-state index in [0.29, 0.717) is 18.2 Å². The quantitative estimate of drug-likeness (QED) is 0.847. The van der Waals surface area contributed by atoms with Crippen molar-refractivity contribution in [2.75, 3.05) is 6.54 Å². The van der Waals surface area contributed by atoms with Crippen LogP contribution < -0.4 is 10.5 Å². The normalized spacial score (nSPS) is 17.1. The standard InChI is InChI=1S/C11H14F3N3O2S.ClH/c12-11(13,14)10-4-3-8(5-16-10)20(18,19)17-6-9(15)7-1-2-7;/h3-5,7,9,17H,1-2,6,15H2;1H. The fourth-order valence-electron chi connectivity index (χ4n) is 1.69. The first-order valence-electron chi connectivity index (χ1n) is 5.98. The lowest BCUT2D eigenvalue weighted by molar-refractivity contribution is -0.141. The Labute approximate surface area is 126 Å². The summed E-state index contributed by atoms with van der Waals surface area (Å²) in [5, 5.41) is 0. The van der Waals surface area contributed by atoms with Crippen molar-refractivity contribution in [1.82, 2.24) is 9.71 Å². The Balaban J connectivity index is 0.00000220. The van der Waals surface area contributed by atoms with Crippen molar-refractivity contribution < 1.29 is 21.6 Å². The summed E-state index contributed by atoms with van der Waals surface area (Å²) >= 11 is 0. The molecule has 0 amide bonds. The second kappa shape index (κ2) is 6.47. The lowest BCUT2D eigenvalue weighted by Crippen LogP contribution is -2.38. The van der Waals surface area contributed by atoms with Gasteiger partial charge in [-0.15, -0.1) is 12.4 Å². The van der Waals surface area contributed by atoms with Crippen LogP contribution in [-0.2, 0) is 16.2 Å². The number of nitrogens with two attached hydrogens (primary N) is 1. The Morgan fingerprint density at radius 3 is 2.43 bits per heavy atom. The molecule has 120 valence electrons. The van der Waals surface area contributed by atoms with Gasteiger partial charge < -0.3 is 5.73 Å². The second-order valence-corrected chi connectivity index (χ2v) is 6.50. The molecule has 1 aromatic heterocycles. The van der Waals surface area contributed by atoms with Crippen LogP contribution >= 0.6 is 12.4 Å². The zero-order valence-corrected chi connectivity index (χ0v) is 12.4. The molecule has 0 saturated heterocycles. The van der Waals surface area contributed by atoms with Gasteiger partial charge in [-0.25, -0.2) is 13.1 Å². The maximum atomic E-state index is 12.3. The van der Waals surface area contributed by atoms with E-state index in [-0.39, 0.29) is 29.9 Å². The molecule has 1 aliphatic rings. The zero-order valence-electron chi connectivity index (χ0n) is 10.8. The highest BCUT2D eigenvalue weighted by molar-refractivity contribution is 7.89. The van der Waals surface area contributed by atoms with E-state index in [2.05, 4.69) is 9.71 Å². The number of pyridine rings is 1. The number of nitrogens with one attached hydrogen (secondary N) is 1. The minimum absolute atomic E-state index is 0. The fraction of sp³-hybridized carbons (Fsp3) is 0.545. The average molecular weight is 346 g/mol. The van der Waals surface area contributed by atoms with Crippen molar-refractivity contribution in [2.24, 2.45) is 11.7 Å². The molecule has 1 unspecified atom stereocenters. The number of halogens is 4. The number of alkyl halides is 3. The lowest BCUT2D eigenvalue weighted by Gasteiger charge is -2.12. The highest BCUT2D eigenvalue weighted by Gasteiger charge is 2.33. The molecule has 0 bridgehead atoms. The molecule has 1 aromatic rings. The van der Waals surface area contributed by atoms with Gasteiger partial charge in [-0.3, -0.25) is 4.98 Å². The highest BCUT2D eigenvalue weighted by atomic mass is 35.5. The van der Waals surface area contributed by atoms with Crippen LogP contribution in [0, 0.1) is 5.92 Å². The molecule has 5 nitrogen and oxygen atoms in total. The Kier molecular flexibility index (Phi) is 5.59. The van der Waals surface area contributed by atoms with Crippen LogP contribution in [0.4, 0.5) is 13.2 Å². The van der Waals surface area contributed by atoms with Gasteiger partial charge in [0.15, 0.2) is 0 Å². The molecular weight excluding hydrogens is 331 g/mol. The van der Waals surface area contributed by atoms with Gasteiger partial charge in [0.05, 0.1) is 0 Å². The van der Waals surface area contributed by atoms with Gasteiger partial charge in [-0.1, -0.05) is 0 Å². The summed E-state index contributed by atoms with van der Waals surface area (Å²) in [6.07, 6.45) is -1.95. The van der Waals surface area contributed by atoms with Crippen LogP contribution in [0.5, 0.6) is 0 Å². The van der Waals surface area contributed by atoms with Crippen molar-refractivity contribution in [2.45, 2.75) is 30.0 Å². The van der Waals surface area contributed by atoms with Crippen LogP contribution in [0.15, 0.2) is 23.2 Å². The van der Waals surface area contributed by atoms with Crippen molar-refractivity contribution >= 4 is 22.4 Å². The zero-order chi connectivity index (χ0) is 15.0. The summed E-state index contributed by atoms with van der Waals surface area (Å²) in [7, 11) is -3.88. The first kappa shape index (κ1) is 18.1. The molecule has 0 radical (unpaired) electrons. The second-order valence-electron chi connectivity index (χ2n) is 4.73. The molecule has 1 aliphatic carbocycles. The molecule has 1 heterocycles. The van der Waals surface area contributed by atoms with E-state index in [9.17, 15) is 21.6 Å². The van der Waals surface area contributed by atoms with E-state index in [1.165, 1.54) is 0 Å². The molecule has 3 N–H and O–H groups in total. The summed E-state index contributed by atoms with van der Waals surface area (Å²) in [6, 6.07) is 1.24.